The van der Waals surface area contributed by atoms with E-state index in [4.69, 9.17) is 0 Å². The van der Waals surface area contributed by atoms with Gasteiger partial charge in [-0.15, -0.1) is 0 Å². The number of H-pyrrole nitrogens is 1. The summed E-state index contributed by atoms with van der Waals surface area (Å²) >= 11 is 0. The van der Waals surface area contributed by atoms with Gasteiger partial charge in [0.05, 0.1) is 23.0 Å². The molecule has 1 aliphatic rings. The minimum absolute atomic E-state index is 0.231. The van der Waals surface area contributed by atoms with Gasteiger partial charge in [0.1, 0.15) is 11.6 Å². The molecule has 4 aromatic rings. The number of aromatic amines is 1. The van der Waals surface area contributed by atoms with E-state index in [-0.39, 0.29) is 17.3 Å². The maximum absolute atomic E-state index is 14.3. The number of nitrogens with one attached hydrogen (secondary N) is 2. The number of nitrogens with zero attached hydrogens (tertiary/aromatic N) is 4. The average Bonchev–Trinajstić information content (AvgIpc) is 3.15. The third-order valence-corrected chi connectivity index (χ3v) is 5.79. The molecule has 3 heterocycles. The molecule has 2 unspecified atom stereocenters. The normalized spacial score (nSPS) is 17.8. The lowest BCUT2D eigenvalue weighted by molar-refractivity contribution is 0.402. The summed E-state index contributed by atoms with van der Waals surface area (Å²) in [5.41, 5.74) is 3.07. The van der Waals surface area contributed by atoms with Crippen LogP contribution < -0.4 is 10.9 Å². The van der Waals surface area contributed by atoms with Crippen molar-refractivity contribution in [2.24, 2.45) is 7.05 Å². The van der Waals surface area contributed by atoms with Gasteiger partial charge in [-0.25, -0.2) is 14.5 Å². The van der Waals surface area contributed by atoms with Gasteiger partial charge in [-0.3, -0.25) is 4.79 Å². The van der Waals surface area contributed by atoms with Crippen LogP contribution >= 0.6 is 0 Å². The average molecular weight is 418 g/mol. The molecule has 2 atom stereocenters. The molecular formula is C23H23FN6O. The van der Waals surface area contributed by atoms with Crippen molar-refractivity contribution in [2.45, 2.75) is 18.5 Å². The Labute approximate surface area is 178 Å². The van der Waals surface area contributed by atoms with Crippen molar-refractivity contribution in [3.05, 3.63) is 87.6 Å². The van der Waals surface area contributed by atoms with E-state index in [0.717, 1.165) is 17.9 Å². The highest BCUT2D eigenvalue weighted by Gasteiger charge is 2.37. The highest BCUT2D eigenvalue weighted by Crippen LogP contribution is 2.45. The van der Waals surface area contributed by atoms with Crippen molar-refractivity contribution < 1.29 is 4.39 Å². The lowest BCUT2D eigenvalue weighted by Crippen LogP contribution is -2.29. The molecule has 1 aliphatic heterocycles. The fourth-order valence-corrected chi connectivity index (χ4v) is 4.46. The number of aromatic nitrogens is 4. The zero-order chi connectivity index (χ0) is 21.7. The SMILES string of the molecule is CN(C)Cc1ccc(C2Nc3cc(F)cc4c(=O)[nH]nc(c34)C2c2nccn2C)cc1. The van der Waals surface area contributed by atoms with Crippen LogP contribution in [0.3, 0.4) is 0 Å². The zero-order valence-corrected chi connectivity index (χ0v) is 17.6. The molecule has 0 spiro atoms. The molecule has 0 saturated heterocycles. The van der Waals surface area contributed by atoms with Crippen LogP contribution in [-0.2, 0) is 13.6 Å². The molecule has 2 aromatic heterocycles. The first-order valence-corrected chi connectivity index (χ1v) is 10.1. The first-order chi connectivity index (χ1) is 14.9. The van der Waals surface area contributed by atoms with Gasteiger partial charge in [-0.05, 0) is 37.4 Å². The fourth-order valence-electron chi connectivity index (χ4n) is 4.46. The Balaban J connectivity index is 1.71. The topological polar surface area (TPSA) is 78.8 Å². The Morgan fingerprint density at radius 1 is 1.19 bits per heavy atom. The molecule has 0 fully saturated rings. The summed E-state index contributed by atoms with van der Waals surface area (Å²) in [6.07, 6.45) is 3.63. The van der Waals surface area contributed by atoms with E-state index < -0.39 is 11.4 Å². The van der Waals surface area contributed by atoms with Crippen molar-refractivity contribution in [1.82, 2.24) is 24.6 Å². The number of rotatable bonds is 4. The van der Waals surface area contributed by atoms with Crippen LogP contribution in [0.25, 0.3) is 10.8 Å². The third kappa shape index (κ3) is 3.29. The van der Waals surface area contributed by atoms with Crippen molar-refractivity contribution in [2.75, 3.05) is 19.4 Å². The summed E-state index contributed by atoms with van der Waals surface area (Å²) < 4.78 is 16.3. The number of hydrogen-bond donors (Lipinski definition) is 2. The van der Waals surface area contributed by atoms with E-state index in [1.54, 1.807) is 6.20 Å². The van der Waals surface area contributed by atoms with E-state index in [1.807, 2.05) is 31.9 Å². The molecule has 2 N–H and O–H groups in total. The Kier molecular flexibility index (Phi) is 4.59. The van der Waals surface area contributed by atoms with Gasteiger partial charge in [0.25, 0.3) is 5.56 Å². The van der Waals surface area contributed by atoms with E-state index in [2.05, 4.69) is 49.7 Å². The standard InChI is InChI=1S/C23H23FN6O/c1-29(2)12-13-4-6-14(7-5-13)20-19(22-25-8-9-30(22)3)21-18-16(23(31)28-27-21)10-15(24)11-17(18)26-20/h4-11,19-20,26H,12H2,1-3H3,(H,28,31). The Bertz CT molecular complexity index is 1320. The Hall–Kier alpha value is -3.52. The van der Waals surface area contributed by atoms with Gasteiger partial charge in [0, 0.05) is 37.1 Å². The molecule has 31 heavy (non-hydrogen) atoms. The first-order valence-electron chi connectivity index (χ1n) is 10.1. The second-order valence-electron chi connectivity index (χ2n) is 8.29. The number of benzene rings is 2. The van der Waals surface area contributed by atoms with Crippen molar-refractivity contribution in [1.29, 1.82) is 0 Å². The third-order valence-electron chi connectivity index (χ3n) is 5.79. The van der Waals surface area contributed by atoms with Gasteiger partial charge in [0.15, 0.2) is 0 Å². The van der Waals surface area contributed by atoms with Crippen molar-refractivity contribution in [3.8, 4) is 0 Å². The highest BCUT2D eigenvalue weighted by molar-refractivity contribution is 5.97. The summed E-state index contributed by atoms with van der Waals surface area (Å²) in [7, 11) is 6.00. The van der Waals surface area contributed by atoms with Gasteiger partial charge in [0.2, 0.25) is 0 Å². The minimum atomic E-state index is -0.465. The summed E-state index contributed by atoms with van der Waals surface area (Å²) in [4.78, 5) is 19.1. The van der Waals surface area contributed by atoms with Crippen LogP contribution in [0.15, 0.2) is 53.6 Å². The van der Waals surface area contributed by atoms with Crippen LogP contribution in [0, 0.1) is 5.82 Å². The van der Waals surface area contributed by atoms with E-state index in [9.17, 15) is 9.18 Å². The number of hydrogen-bond acceptors (Lipinski definition) is 5. The number of imidazole rings is 1. The summed E-state index contributed by atoms with van der Waals surface area (Å²) in [5.74, 6) is 0.0795. The second kappa shape index (κ2) is 7.31. The zero-order valence-electron chi connectivity index (χ0n) is 17.6. The maximum Gasteiger partial charge on any atom is 0.272 e. The molecule has 0 amide bonds. The number of aryl methyl sites for hydroxylation is 1. The predicted molar refractivity (Wildman–Crippen MR) is 118 cm³/mol. The summed E-state index contributed by atoms with van der Waals surface area (Å²) in [6.45, 7) is 0.845. The van der Waals surface area contributed by atoms with E-state index in [1.165, 1.54) is 17.7 Å². The molecule has 0 bridgehead atoms. The monoisotopic (exact) mass is 418 g/mol. The van der Waals surface area contributed by atoms with Crippen LogP contribution in [0.4, 0.5) is 10.1 Å². The molecule has 0 radical (unpaired) electrons. The Morgan fingerprint density at radius 3 is 2.65 bits per heavy atom. The minimum Gasteiger partial charge on any atom is -0.376 e. The van der Waals surface area contributed by atoms with Gasteiger partial charge >= 0.3 is 0 Å². The molecule has 0 aliphatic carbocycles. The lowest BCUT2D eigenvalue weighted by Gasteiger charge is -2.34. The van der Waals surface area contributed by atoms with Gasteiger partial charge < -0.3 is 14.8 Å². The Morgan fingerprint density at radius 2 is 1.97 bits per heavy atom. The fraction of sp³-hybridized carbons (Fsp3) is 0.261. The van der Waals surface area contributed by atoms with Crippen molar-refractivity contribution in [3.63, 3.8) is 0 Å². The summed E-state index contributed by atoms with van der Waals surface area (Å²) in [6, 6.07) is 10.8. The van der Waals surface area contributed by atoms with Gasteiger partial charge in [-0.2, -0.15) is 5.10 Å². The molecule has 2 aromatic carbocycles. The quantitative estimate of drug-likeness (QED) is 0.532. The second-order valence-corrected chi connectivity index (χ2v) is 8.29. The molecule has 0 saturated carbocycles. The molecule has 158 valence electrons. The maximum atomic E-state index is 14.3. The van der Waals surface area contributed by atoms with Crippen LogP contribution in [0.1, 0.15) is 34.6 Å². The van der Waals surface area contributed by atoms with Gasteiger partial charge in [-0.1, -0.05) is 24.3 Å². The summed E-state index contributed by atoms with van der Waals surface area (Å²) in [5, 5.41) is 11.4. The van der Waals surface area contributed by atoms with Crippen LogP contribution in [0.5, 0.6) is 0 Å². The number of halogens is 1. The van der Waals surface area contributed by atoms with E-state index in [0.29, 0.717) is 16.8 Å². The van der Waals surface area contributed by atoms with Crippen molar-refractivity contribution >= 4 is 16.5 Å². The van der Waals surface area contributed by atoms with E-state index >= 15 is 0 Å². The lowest BCUT2D eigenvalue weighted by atomic mass is 9.83. The predicted octanol–water partition coefficient (Wildman–Crippen LogP) is 3.16. The first kappa shape index (κ1) is 19.4. The molecular weight excluding hydrogens is 395 g/mol. The highest BCUT2D eigenvalue weighted by atomic mass is 19.1. The molecule has 8 heteroatoms. The smallest absolute Gasteiger partial charge is 0.272 e. The number of anilines is 1. The van der Waals surface area contributed by atoms with Crippen LogP contribution in [-0.4, -0.2) is 38.7 Å². The largest absolute Gasteiger partial charge is 0.376 e. The van der Waals surface area contributed by atoms with Crippen LogP contribution in [0.2, 0.25) is 0 Å². The molecule has 7 nitrogen and oxygen atoms in total. The molecule has 5 rings (SSSR count).